The summed E-state index contributed by atoms with van der Waals surface area (Å²) in [5, 5.41) is 0.823. The molecule has 3 aromatic rings. The molecular weight excluding hydrogens is 495 g/mol. The van der Waals surface area contributed by atoms with Gasteiger partial charge in [0.1, 0.15) is 5.54 Å². The second kappa shape index (κ2) is 7.16. The van der Waals surface area contributed by atoms with Crippen molar-refractivity contribution >= 4 is 55.7 Å². The minimum Gasteiger partial charge on any atom is -0.277 e. The maximum absolute atomic E-state index is 13.6. The maximum Gasteiger partial charge on any atom is 0.501 e. The second-order valence-electron chi connectivity index (χ2n) is 8.20. The van der Waals surface area contributed by atoms with Crippen molar-refractivity contribution < 1.29 is 31.2 Å². The number of urea groups is 1. The highest BCUT2D eigenvalue weighted by Gasteiger charge is 2.70. The van der Waals surface area contributed by atoms with Crippen LogP contribution in [0.1, 0.15) is 13.3 Å². The van der Waals surface area contributed by atoms with Gasteiger partial charge in [0.25, 0.3) is 15.7 Å². The highest BCUT2D eigenvalue weighted by atomic mass is 35.5. The summed E-state index contributed by atoms with van der Waals surface area (Å²) >= 11 is 6.40. The van der Waals surface area contributed by atoms with Gasteiger partial charge in [-0.15, -0.1) is 0 Å². The number of carbonyl (C=O) groups is 2. The van der Waals surface area contributed by atoms with Gasteiger partial charge in [0.05, 0.1) is 26.8 Å². The molecule has 2 heterocycles. The molecule has 3 amide bonds. The van der Waals surface area contributed by atoms with Crippen LogP contribution in [0.3, 0.4) is 0 Å². The molecule has 0 bridgehead atoms. The number of hydrogen-bond donors (Lipinski definition) is 0. The molecule has 1 saturated carbocycles. The lowest BCUT2D eigenvalue weighted by Gasteiger charge is -2.24. The summed E-state index contributed by atoms with van der Waals surface area (Å²) in [7, 11) is -5.57. The predicted molar refractivity (Wildman–Crippen MR) is 118 cm³/mol. The number of rotatable bonds is 3. The zero-order chi connectivity index (χ0) is 24.6. The van der Waals surface area contributed by atoms with Crippen LogP contribution < -0.4 is 9.80 Å². The molecule has 5 rings (SSSR count). The number of pyridine rings is 1. The number of benzene rings is 2. The lowest BCUT2D eigenvalue weighted by Crippen LogP contribution is -2.39. The van der Waals surface area contributed by atoms with E-state index in [0.29, 0.717) is 28.0 Å². The molecule has 0 radical (unpaired) electrons. The number of carbonyl (C=O) groups excluding carboxylic acids is 2. The van der Waals surface area contributed by atoms with E-state index in [0.717, 1.165) is 29.2 Å². The van der Waals surface area contributed by atoms with Crippen LogP contribution in [0.25, 0.3) is 10.9 Å². The van der Waals surface area contributed by atoms with E-state index in [-0.39, 0.29) is 11.6 Å². The fraction of sp³-hybridized carbons (Fsp3) is 0.227. The van der Waals surface area contributed by atoms with Crippen LogP contribution in [-0.4, -0.2) is 36.4 Å². The van der Waals surface area contributed by atoms with Gasteiger partial charge in [0.15, 0.2) is 0 Å². The first kappa shape index (κ1) is 22.6. The minimum absolute atomic E-state index is 0.0402. The molecule has 1 saturated heterocycles. The predicted octanol–water partition coefficient (Wildman–Crippen LogP) is 4.93. The third kappa shape index (κ3) is 2.96. The van der Waals surface area contributed by atoms with Crippen LogP contribution in [0.15, 0.2) is 59.6 Å². The first-order valence-corrected chi connectivity index (χ1v) is 11.9. The Morgan fingerprint density at radius 1 is 1.09 bits per heavy atom. The molecule has 176 valence electrons. The van der Waals surface area contributed by atoms with Crippen molar-refractivity contribution in [1.29, 1.82) is 0 Å². The number of alkyl halides is 3. The summed E-state index contributed by atoms with van der Waals surface area (Å²) in [4.78, 5) is 32.6. The number of aromatic nitrogens is 1. The molecule has 12 heteroatoms. The molecule has 34 heavy (non-hydrogen) atoms. The molecule has 1 aliphatic heterocycles. The summed E-state index contributed by atoms with van der Waals surface area (Å²) in [6.07, 6.45) is 1.87. The van der Waals surface area contributed by atoms with E-state index in [2.05, 4.69) is 4.98 Å². The number of hydrogen-bond acceptors (Lipinski definition) is 5. The van der Waals surface area contributed by atoms with Gasteiger partial charge in [-0.3, -0.25) is 14.7 Å². The van der Waals surface area contributed by atoms with Gasteiger partial charge < -0.3 is 0 Å². The van der Waals surface area contributed by atoms with Gasteiger partial charge in [0, 0.05) is 11.6 Å². The summed E-state index contributed by atoms with van der Waals surface area (Å²) in [6.45, 7) is 1.81. The van der Waals surface area contributed by atoms with E-state index >= 15 is 0 Å². The van der Waals surface area contributed by atoms with E-state index in [4.69, 9.17) is 11.6 Å². The molecule has 0 N–H and O–H groups in total. The van der Waals surface area contributed by atoms with Gasteiger partial charge in [-0.1, -0.05) is 24.6 Å². The second-order valence-corrected chi connectivity index (χ2v) is 10.5. The van der Waals surface area contributed by atoms with Gasteiger partial charge >= 0.3 is 11.5 Å². The van der Waals surface area contributed by atoms with Crippen molar-refractivity contribution in [3.8, 4) is 0 Å². The summed E-state index contributed by atoms with van der Waals surface area (Å²) in [6, 6.07) is 9.39. The fourth-order valence-corrected chi connectivity index (χ4v) is 5.48. The van der Waals surface area contributed by atoms with Gasteiger partial charge in [-0.05, 0) is 54.8 Å². The maximum atomic E-state index is 13.6. The Morgan fingerprint density at radius 2 is 1.74 bits per heavy atom. The van der Waals surface area contributed by atoms with Crippen LogP contribution in [0.2, 0.25) is 5.02 Å². The van der Waals surface area contributed by atoms with E-state index in [1.807, 2.05) is 6.92 Å². The number of anilines is 2. The van der Waals surface area contributed by atoms with E-state index < -0.39 is 37.7 Å². The molecule has 2 unspecified atom stereocenters. The van der Waals surface area contributed by atoms with Crippen LogP contribution in [0.5, 0.6) is 0 Å². The van der Waals surface area contributed by atoms with Crippen molar-refractivity contribution in [2.45, 2.75) is 29.3 Å². The molecule has 2 atom stereocenters. The Hall–Kier alpha value is -3.18. The van der Waals surface area contributed by atoms with Crippen molar-refractivity contribution in [1.82, 2.24) is 4.98 Å². The zero-order valence-corrected chi connectivity index (χ0v) is 18.9. The van der Waals surface area contributed by atoms with Crippen molar-refractivity contribution in [3.63, 3.8) is 0 Å². The highest BCUT2D eigenvalue weighted by Crippen LogP contribution is 2.56. The molecule has 2 fully saturated rings. The largest absolute Gasteiger partial charge is 0.501 e. The topological polar surface area (TPSA) is 87.7 Å². The van der Waals surface area contributed by atoms with E-state index in [9.17, 15) is 31.2 Å². The summed E-state index contributed by atoms with van der Waals surface area (Å²) in [5.41, 5.74) is -5.78. The van der Waals surface area contributed by atoms with E-state index in [1.165, 1.54) is 11.1 Å². The SMILES string of the molecule is CC1CC12C(=O)N(c1ccc(S(=O)(=O)C(F)(F)F)cc1)C(=O)N2c1ccnc2cccc(Cl)c12. The van der Waals surface area contributed by atoms with Crippen molar-refractivity contribution in [3.05, 3.63) is 59.8 Å². The van der Waals surface area contributed by atoms with Gasteiger partial charge in [-0.25, -0.2) is 18.1 Å². The number of halogens is 4. The van der Waals surface area contributed by atoms with Crippen LogP contribution in [0, 0.1) is 5.92 Å². The zero-order valence-electron chi connectivity index (χ0n) is 17.4. The Bertz CT molecular complexity index is 1470. The summed E-state index contributed by atoms with van der Waals surface area (Å²) < 4.78 is 61.9. The average Bonchev–Trinajstić information content (AvgIpc) is 3.39. The van der Waals surface area contributed by atoms with Gasteiger partial charge in [0.2, 0.25) is 0 Å². The quantitative estimate of drug-likeness (QED) is 0.467. The normalized spacial score (nSPS) is 22.8. The fourth-order valence-electron chi connectivity index (χ4n) is 4.45. The number of imide groups is 1. The van der Waals surface area contributed by atoms with E-state index in [1.54, 1.807) is 24.3 Å². The Labute approximate surface area is 196 Å². The molecule has 2 aliphatic rings. The summed E-state index contributed by atoms with van der Waals surface area (Å²) in [5.74, 6) is -0.738. The first-order chi connectivity index (χ1) is 15.9. The van der Waals surface area contributed by atoms with Crippen LogP contribution in [0.4, 0.5) is 29.3 Å². The van der Waals surface area contributed by atoms with Gasteiger partial charge in [-0.2, -0.15) is 13.2 Å². The first-order valence-electron chi connectivity index (χ1n) is 10.0. The Balaban J connectivity index is 1.61. The average molecular weight is 510 g/mol. The molecule has 1 aromatic heterocycles. The number of fused-ring (bicyclic) bond motifs is 1. The Morgan fingerprint density at radius 3 is 2.32 bits per heavy atom. The lowest BCUT2D eigenvalue weighted by molar-refractivity contribution is -0.119. The lowest BCUT2D eigenvalue weighted by atomic mass is 10.1. The van der Waals surface area contributed by atoms with Crippen LogP contribution >= 0.6 is 11.6 Å². The molecule has 1 spiro atoms. The monoisotopic (exact) mass is 509 g/mol. The van der Waals surface area contributed by atoms with Crippen molar-refractivity contribution in [2.24, 2.45) is 5.92 Å². The van der Waals surface area contributed by atoms with Crippen molar-refractivity contribution in [2.75, 3.05) is 9.80 Å². The standard InChI is InChI=1S/C22H15ClF3N3O4S/c1-12-11-21(12)19(30)28(13-5-7-14(8-6-13)34(32,33)22(24,25)26)20(31)29(21)17-9-10-27-16-4-2-3-15(23)18(16)17/h2-10,12H,11H2,1H3. The molecule has 1 aliphatic carbocycles. The number of sulfone groups is 1. The number of nitrogens with zero attached hydrogens (tertiary/aromatic N) is 3. The highest BCUT2D eigenvalue weighted by molar-refractivity contribution is 7.92. The van der Waals surface area contributed by atoms with Crippen LogP contribution in [-0.2, 0) is 14.6 Å². The molecule has 2 aromatic carbocycles. The smallest absolute Gasteiger partial charge is 0.277 e. The third-order valence-corrected chi connectivity index (χ3v) is 8.09. The molecule has 7 nitrogen and oxygen atoms in total. The third-order valence-electron chi connectivity index (χ3n) is 6.27. The minimum atomic E-state index is -5.57. The number of amides is 3. The molecular formula is C22H15ClF3N3O4S. The Kier molecular flexibility index (Phi) is 4.76.